The molecule has 0 aliphatic carbocycles. The van der Waals surface area contributed by atoms with E-state index < -0.39 is 16.7 Å². The highest BCUT2D eigenvalue weighted by Crippen LogP contribution is 2.39. The van der Waals surface area contributed by atoms with Crippen molar-refractivity contribution in [2.45, 2.75) is 6.18 Å². The van der Waals surface area contributed by atoms with Crippen molar-refractivity contribution in [2.75, 3.05) is 5.73 Å². The van der Waals surface area contributed by atoms with E-state index in [0.717, 1.165) is 12.1 Å². The van der Waals surface area contributed by atoms with Crippen LogP contribution in [-0.2, 0) is 6.18 Å². The zero-order valence-corrected chi connectivity index (χ0v) is 13.0. The largest absolute Gasteiger partial charge is 0.416 e. The number of nitrogens with two attached hydrogens (primary N) is 1. The van der Waals surface area contributed by atoms with Crippen molar-refractivity contribution in [2.24, 2.45) is 0 Å². The smallest absolute Gasteiger partial charge is 0.398 e. The lowest BCUT2D eigenvalue weighted by molar-refractivity contribution is -0.382. The Kier molecular flexibility index (Phi) is 3.27. The summed E-state index contributed by atoms with van der Waals surface area (Å²) >= 11 is 0. The Labute approximate surface area is 144 Å². The minimum atomic E-state index is -4.52. The number of rotatable bonds is 1. The number of benzene rings is 3. The Morgan fingerprint density at radius 3 is 2.31 bits per heavy atom. The average Bonchev–Trinajstić information content (AvgIpc) is 2.60. The lowest BCUT2D eigenvalue weighted by Gasteiger charge is -2.12. The summed E-state index contributed by atoms with van der Waals surface area (Å²) in [5.74, 6) is 0. The molecule has 2 N–H and O–H groups in total. The van der Waals surface area contributed by atoms with E-state index in [4.69, 9.17) is 5.73 Å². The van der Waals surface area contributed by atoms with Crippen LogP contribution in [0.15, 0.2) is 48.5 Å². The van der Waals surface area contributed by atoms with Crippen molar-refractivity contribution in [3.8, 4) is 0 Å². The Balaban J connectivity index is 2.19. The normalized spacial score (nSPS) is 12.1. The van der Waals surface area contributed by atoms with E-state index in [1.54, 1.807) is 24.3 Å². The van der Waals surface area contributed by atoms with Crippen LogP contribution < -0.4 is 5.73 Å². The summed E-state index contributed by atoms with van der Waals surface area (Å²) in [6.45, 7) is 0. The van der Waals surface area contributed by atoms with Gasteiger partial charge in [-0.05, 0) is 24.3 Å². The van der Waals surface area contributed by atoms with E-state index in [-0.39, 0.29) is 22.1 Å². The van der Waals surface area contributed by atoms with Crippen LogP contribution in [0.2, 0.25) is 0 Å². The first-order chi connectivity index (χ1) is 12.3. The van der Waals surface area contributed by atoms with E-state index in [9.17, 15) is 23.3 Å². The minimum absolute atomic E-state index is 0.0324. The Morgan fingerprint density at radius 1 is 0.962 bits per heavy atom. The first-order valence-corrected chi connectivity index (χ1v) is 7.53. The summed E-state index contributed by atoms with van der Waals surface area (Å²) in [4.78, 5) is 15.3. The second-order valence-electron chi connectivity index (χ2n) is 5.85. The summed E-state index contributed by atoms with van der Waals surface area (Å²) in [6.07, 6.45) is -4.52. The van der Waals surface area contributed by atoms with E-state index in [1.807, 2.05) is 0 Å². The van der Waals surface area contributed by atoms with Crippen molar-refractivity contribution >= 4 is 44.0 Å². The van der Waals surface area contributed by atoms with Gasteiger partial charge in [-0.1, -0.05) is 18.2 Å². The maximum atomic E-state index is 13.0. The molecule has 0 bridgehead atoms. The van der Waals surface area contributed by atoms with Crippen molar-refractivity contribution < 1.29 is 18.1 Å². The third-order valence-corrected chi connectivity index (χ3v) is 4.33. The van der Waals surface area contributed by atoms with E-state index in [2.05, 4.69) is 4.98 Å². The average molecular weight is 357 g/mol. The summed E-state index contributed by atoms with van der Waals surface area (Å²) < 4.78 is 39.0. The van der Waals surface area contributed by atoms with Crippen LogP contribution in [0.4, 0.5) is 24.5 Å². The maximum absolute atomic E-state index is 13.0. The number of fused-ring (bicyclic) bond motifs is 4. The van der Waals surface area contributed by atoms with Crippen LogP contribution in [0.25, 0.3) is 32.6 Å². The zero-order valence-electron chi connectivity index (χ0n) is 13.0. The number of alkyl halides is 3. The second kappa shape index (κ2) is 5.29. The molecule has 0 atom stereocenters. The molecule has 0 aliphatic rings. The van der Waals surface area contributed by atoms with Crippen LogP contribution in [-0.4, -0.2) is 9.91 Å². The Bertz CT molecular complexity index is 1220. The molecule has 26 heavy (non-hydrogen) atoms. The van der Waals surface area contributed by atoms with Crippen LogP contribution in [0.3, 0.4) is 0 Å². The van der Waals surface area contributed by atoms with E-state index >= 15 is 0 Å². The fourth-order valence-corrected chi connectivity index (χ4v) is 3.11. The molecule has 0 aliphatic heterocycles. The van der Waals surface area contributed by atoms with Crippen LogP contribution in [0.1, 0.15) is 5.56 Å². The third kappa shape index (κ3) is 2.30. The van der Waals surface area contributed by atoms with Gasteiger partial charge < -0.3 is 5.73 Å². The number of nitrogens with zero attached hydrogens (tertiary/aromatic N) is 2. The molecule has 4 aromatic rings. The molecule has 5 nitrogen and oxygen atoms in total. The predicted molar refractivity (Wildman–Crippen MR) is 92.8 cm³/mol. The number of hydrogen-bond acceptors (Lipinski definition) is 4. The minimum Gasteiger partial charge on any atom is -0.398 e. The first kappa shape index (κ1) is 16.1. The molecule has 0 radical (unpaired) electrons. The maximum Gasteiger partial charge on any atom is 0.416 e. The molecule has 1 heterocycles. The first-order valence-electron chi connectivity index (χ1n) is 7.53. The highest BCUT2D eigenvalue weighted by atomic mass is 19.4. The van der Waals surface area contributed by atoms with Crippen molar-refractivity contribution in [3.05, 3.63) is 64.2 Å². The number of halogens is 3. The molecular weight excluding hydrogens is 347 g/mol. The highest BCUT2D eigenvalue weighted by molar-refractivity contribution is 6.17. The van der Waals surface area contributed by atoms with Gasteiger partial charge in [0.1, 0.15) is 0 Å². The third-order valence-electron chi connectivity index (χ3n) is 4.33. The van der Waals surface area contributed by atoms with Gasteiger partial charge in [0.25, 0.3) is 5.69 Å². The molecule has 0 unspecified atom stereocenters. The number of pyridine rings is 1. The highest BCUT2D eigenvalue weighted by Gasteiger charge is 2.31. The van der Waals surface area contributed by atoms with Gasteiger partial charge in [0.05, 0.1) is 32.6 Å². The Morgan fingerprint density at radius 2 is 1.65 bits per heavy atom. The van der Waals surface area contributed by atoms with Gasteiger partial charge in [-0.25, -0.2) is 4.98 Å². The van der Waals surface area contributed by atoms with Gasteiger partial charge in [0.2, 0.25) is 0 Å². The van der Waals surface area contributed by atoms with Gasteiger partial charge in [0, 0.05) is 22.2 Å². The summed E-state index contributed by atoms with van der Waals surface area (Å²) in [7, 11) is 0. The van der Waals surface area contributed by atoms with Crippen molar-refractivity contribution in [1.82, 2.24) is 4.98 Å². The van der Waals surface area contributed by atoms with E-state index in [0.29, 0.717) is 21.8 Å². The molecular formula is C18H10F3N3O2. The number of nitrogen functional groups attached to an aromatic ring is 1. The molecule has 0 saturated heterocycles. The number of aromatic nitrogens is 1. The summed E-state index contributed by atoms with van der Waals surface area (Å²) in [6, 6.07) is 11.0. The van der Waals surface area contributed by atoms with Crippen LogP contribution in [0.5, 0.6) is 0 Å². The molecule has 0 spiro atoms. The SMILES string of the molecule is Nc1c2cc(C(F)(F)F)ccc2nc2c1cc([N+](=O)[O-])c1ccccc12. The van der Waals surface area contributed by atoms with Gasteiger partial charge in [-0.15, -0.1) is 0 Å². The molecule has 8 heteroatoms. The zero-order chi connectivity index (χ0) is 18.6. The summed E-state index contributed by atoms with van der Waals surface area (Å²) in [5, 5.41) is 12.7. The molecule has 130 valence electrons. The summed E-state index contributed by atoms with van der Waals surface area (Å²) in [5.41, 5.74) is 5.81. The molecule has 0 amide bonds. The van der Waals surface area contributed by atoms with Crippen molar-refractivity contribution in [1.29, 1.82) is 0 Å². The standard InChI is InChI=1S/C18H10F3N3O2/c19-18(20,21)9-5-6-14-12(7-9)16(22)13-8-15(24(25)26)10-3-1-2-4-11(10)17(13)23-14/h1-8H,(H2,22,23). The molecule has 4 rings (SSSR count). The van der Waals surface area contributed by atoms with Crippen LogP contribution in [0, 0.1) is 10.1 Å². The fourth-order valence-electron chi connectivity index (χ4n) is 3.11. The number of hydrogen-bond donors (Lipinski definition) is 1. The van der Waals surface area contributed by atoms with Gasteiger partial charge in [-0.2, -0.15) is 13.2 Å². The Hall–Kier alpha value is -3.42. The quantitative estimate of drug-likeness (QED) is 0.224. The van der Waals surface area contributed by atoms with Crippen molar-refractivity contribution in [3.63, 3.8) is 0 Å². The van der Waals surface area contributed by atoms with Gasteiger partial charge in [0.15, 0.2) is 0 Å². The van der Waals surface area contributed by atoms with Gasteiger partial charge >= 0.3 is 6.18 Å². The molecule has 1 aromatic heterocycles. The van der Waals surface area contributed by atoms with Crippen LogP contribution >= 0.6 is 0 Å². The lowest BCUT2D eigenvalue weighted by Crippen LogP contribution is -2.05. The molecule has 3 aromatic carbocycles. The number of nitro benzene ring substituents is 1. The second-order valence-corrected chi connectivity index (χ2v) is 5.85. The number of anilines is 1. The lowest BCUT2D eigenvalue weighted by atomic mass is 10.00. The predicted octanol–water partition coefficient (Wildman–Crippen LogP) is 5.05. The monoisotopic (exact) mass is 357 g/mol. The van der Waals surface area contributed by atoms with E-state index in [1.165, 1.54) is 12.1 Å². The number of nitro groups is 1. The molecule has 0 saturated carbocycles. The fraction of sp³-hybridized carbons (Fsp3) is 0.0556. The number of non-ortho nitro benzene ring substituents is 1. The van der Waals surface area contributed by atoms with Gasteiger partial charge in [-0.3, -0.25) is 10.1 Å². The molecule has 0 fully saturated rings. The topological polar surface area (TPSA) is 82.0 Å².